The molecule has 3 N–H and O–H groups in total. The van der Waals surface area contributed by atoms with Crippen molar-refractivity contribution in [1.82, 2.24) is 9.55 Å². The molecule has 86 valence electrons. The lowest BCUT2D eigenvalue weighted by atomic mass is 10.2. The van der Waals surface area contributed by atoms with Gasteiger partial charge in [0.15, 0.2) is 11.8 Å². The van der Waals surface area contributed by atoms with E-state index in [9.17, 15) is 0 Å². The van der Waals surface area contributed by atoms with Gasteiger partial charge in [0.05, 0.1) is 18.6 Å². The van der Waals surface area contributed by atoms with Crippen LogP contribution in [-0.2, 0) is 13.1 Å². The Bertz CT molecular complexity index is 556. The van der Waals surface area contributed by atoms with Crippen LogP contribution in [-0.4, -0.2) is 15.5 Å². The number of benzene rings is 1. The Labute approximate surface area is 99.0 Å². The van der Waals surface area contributed by atoms with Crippen molar-refractivity contribution in [1.29, 1.82) is 0 Å². The van der Waals surface area contributed by atoms with Crippen LogP contribution in [0.5, 0.6) is 0 Å². The van der Waals surface area contributed by atoms with Gasteiger partial charge < -0.3 is 15.6 Å². The zero-order valence-corrected chi connectivity index (χ0v) is 9.30. The summed E-state index contributed by atoms with van der Waals surface area (Å²) in [5.41, 5.74) is 7.92. The molecule has 0 saturated heterocycles. The van der Waals surface area contributed by atoms with Crippen LogP contribution in [0.1, 0.15) is 11.3 Å². The molecule has 1 aliphatic rings. The monoisotopic (exact) mass is 227 g/mol. The van der Waals surface area contributed by atoms with Crippen molar-refractivity contribution in [2.24, 2.45) is 10.7 Å². The third kappa shape index (κ3) is 1.87. The smallest absolute Gasteiger partial charge is 0.194 e. The molecule has 1 aliphatic heterocycles. The zero-order valence-electron chi connectivity index (χ0n) is 9.30. The highest BCUT2D eigenvalue weighted by atomic mass is 15.2. The fraction of sp³-hybridized carbons (Fsp3) is 0.167. The quantitative estimate of drug-likeness (QED) is 0.809. The summed E-state index contributed by atoms with van der Waals surface area (Å²) in [4.78, 5) is 8.46. The minimum Gasteiger partial charge on any atom is -0.370 e. The largest absolute Gasteiger partial charge is 0.370 e. The van der Waals surface area contributed by atoms with Gasteiger partial charge in [-0.25, -0.2) is 9.98 Å². The SMILES string of the molecule is NC1=NCc2c(ncn2Cc2ccccc2)N1. The molecular weight excluding hydrogens is 214 g/mol. The van der Waals surface area contributed by atoms with E-state index in [0.717, 1.165) is 18.1 Å². The van der Waals surface area contributed by atoms with E-state index < -0.39 is 0 Å². The van der Waals surface area contributed by atoms with Crippen molar-refractivity contribution in [2.45, 2.75) is 13.1 Å². The molecular formula is C12H13N5. The second-order valence-corrected chi connectivity index (χ2v) is 3.98. The maximum atomic E-state index is 5.60. The third-order valence-electron chi connectivity index (χ3n) is 2.79. The fourth-order valence-electron chi connectivity index (χ4n) is 1.92. The standard InChI is InChI=1S/C12H13N5/c13-12-14-6-10-11(16-12)15-8-17(10)7-9-4-2-1-3-5-9/h1-5,8H,6-7H2,(H3,13,14,16). The van der Waals surface area contributed by atoms with Gasteiger partial charge in [-0.2, -0.15) is 0 Å². The van der Waals surface area contributed by atoms with Gasteiger partial charge in [0, 0.05) is 6.54 Å². The Balaban J connectivity index is 1.88. The van der Waals surface area contributed by atoms with Crippen LogP contribution >= 0.6 is 0 Å². The van der Waals surface area contributed by atoms with Crippen molar-refractivity contribution in [3.05, 3.63) is 47.9 Å². The first kappa shape index (κ1) is 9.89. The highest BCUT2D eigenvalue weighted by Crippen LogP contribution is 2.19. The highest BCUT2D eigenvalue weighted by molar-refractivity contribution is 5.93. The molecule has 5 nitrogen and oxygen atoms in total. The number of nitrogens with two attached hydrogens (primary N) is 1. The number of nitrogens with zero attached hydrogens (tertiary/aromatic N) is 3. The van der Waals surface area contributed by atoms with E-state index in [0.29, 0.717) is 12.5 Å². The number of rotatable bonds is 2. The molecule has 0 unspecified atom stereocenters. The molecule has 1 aromatic heterocycles. The molecule has 17 heavy (non-hydrogen) atoms. The van der Waals surface area contributed by atoms with Gasteiger partial charge in [-0.1, -0.05) is 30.3 Å². The number of anilines is 1. The number of nitrogens with one attached hydrogen (secondary N) is 1. The predicted molar refractivity (Wildman–Crippen MR) is 66.7 cm³/mol. The van der Waals surface area contributed by atoms with Crippen molar-refractivity contribution in [3.63, 3.8) is 0 Å². The number of aliphatic imine (C=N–C) groups is 1. The van der Waals surface area contributed by atoms with E-state index in [1.54, 1.807) is 0 Å². The molecule has 0 fully saturated rings. The molecule has 0 amide bonds. The van der Waals surface area contributed by atoms with E-state index in [4.69, 9.17) is 5.73 Å². The molecule has 0 spiro atoms. The van der Waals surface area contributed by atoms with Gasteiger partial charge in [-0.3, -0.25) is 0 Å². The van der Waals surface area contributed by atoms with E-state index in [1.165, 1.54) is 5.56 Å². The summed E-state index contributed by atoms with van der Waals surface area (Å²) in [6.07, 6.45) is 1.82. The number of imidazole rings is 1. The third-order valence-corrected chi connectivity index (χ3v) is 2.79. The first-order chi connectivity index (χ1) is 8.33. The van der Waals surface area contributed by atoms with Gasteiger partial charge in [-0.05, 0) is 5.56 Å². The summed E-state index contributed by atoms with van der Waals surface area (Å²) in [6, 6.07) is 10.3. The molecule has 2 aromatic rings. The number of guanidine groups is 1. The molecule has 0 atom stereocenters. The lowest BCUT2D eigenvalue weighted by molar-refractivity contribution is 0.739. The maximum absolute atomic E-state index is 5.60. The molecule has 3 rings (SSSR count). The Kier molecular flexibility index (Phi) is 2.29. The van der Waals surface area contributed by atoms with E-state index >= 15 is 0 Å². The van der Waals surface area contributed by atoms with Crippen LogP contribution < -0.4 is 11.1 Å². The molecule has 0 aliphatic carbocycles. The van der Waals surface area contributed by atoms with Gasteiger partial charge in [0.1, 0.15) is 0 Å². The fourth-order valence-corrected chi connectivity index (χ4v) is 1.92. The number of hydrogen-bond acceptors (Lipinski definition) is 4. The second kappa shape index (κ2) is 3.93. The molecule has 0 saturated carbocycles. The van der Waals surface area contributed by atoms with Crippen molar-refractivity contribution < 1.29 is 0 Å². The molecule has 0 bridgehead atoms. The Morgan fingerprint density at radius 1 is 1.29 bits per heavy atom. The van der Waals surface area contributed by atoms with E-state index in [-0.39, 0.29) is 0 Å². The van der Waals surface area contributed by atoms with E-state index in [1.807, 2.05) is 24.5 Å². The van der Waals surface area contributed by atoms with Crippen LogP contribution in [0.3, 0.4) is 0 Å². The van der Waals surface area contributed by atoms with E-state index in [2.05, 4.69) is 32.0 Å². The molecule has 1 aromatic carbocycles. The average molecular weight is 227 g/mol. The number of hydrogen-bond donors (Lipinski definition) is 2. The topological polar surface area (TPSA) is 68.2 Å². The minimum absolute atomic E-state index is 0.433. The van der Waals surface area contributed by atoms with Gasteiger partial charge in [0.25, 0.3) is 0 Å². The van der Waals surface area contributed by atoms with Gasteiger partial charge in [0.2, 0.25) is 0 Å². The van der Waals surface area contributed by atoms with Crippen LogP contribution in [0.4, 0.5) is 5.82 Å². The summed E-state index contributed by atoms with van der Waals surface area (Å²) in [6.45, 7) is 1.39. The van der Waals surface area contributed by atoms with Crippen LogP contribution in [0.2, 0.25) is 0 Å². The first-order valence-electron chi connectivity index (χ1n) is 5.48. The molecule has 5 heteroatoms. The Morgan fingerprint density at radius 2 is 2.12 bits per heavy atom. The van der Waals surface area contributed by atoms with Crippen LogP contribution in [0.15, 0.2) is 41.7 Å². The Morgan fingerprint density at radius 3 is 2.94 bits per heavy atom. The average Bonchev–Trinajstić information content (AvgIpc) is 2.73. The molecule has 2 heterocycles. The first-order valence-corrected chi connectivity index (χ1v) is 5.48. The van der Waals surface area contributed by atoms with Crippen LogP contribution in [0.25, 0.3) is 0 Å². The summed E-state index contributed by atoms with van der Waals surface area (Å²) >= 11 is 0. The van der Waals surface area contributed by atoms with Gasteiger partial charge in [-0.15, -0.1) is 0 Å². The number of aromatic nitrogens is 2. The lowest BCUT2D eigenvalue weighted by Crippen LogP contribution is -2.26. The second-order valence-electron chi connectivity index (χ2n) is 3.98. The minimum atomic E-state index is 0.433. The summed E-state index contributed by atoms with van der Waals surface area (Å²) in [5, 5.41) is 2.96. The van der Waals surface area contributed by atoms with Crippen molar-refractivity contribution in [2.75, 3.05) is 5.32 Å². The highest BCUT2D eigenvalue weighted by Gasteiger charge is 2.15. The summed E-state index contributed by atoms with van der Waals surface area (Å²) < 4.78 is 2.09. The summed E-state index contributed by atoms with van der Waals surface area (Å²) in [7, 11) is 0. The Hall–Kier alpha value is -2.30. The predicted octanol–water partition coefficient (Wildman–Crippen LogP) is 1.17. The van der Waals surface area contributed by atoms with Crippen molar-refractivity contribution >= 4 is 11.8 Å². The van der Waals surface area contributed by atoms with Crippen LogP contribution in [0, 0.1) is 0 Å². The normalized spacial score (nSPS) is 13.8. The van der Waals surface area contributed by atoms with Gasteiger partial charge >= 0.3 is 0 Å². The zero-order chi connectivity index (χ0) is 11.7. The lowest BCUT2D eigenvalue weighted by Gasteiger charge is -2.13. The molecule has 0 radical (unpaired) electrons. The maximum Gasteiger partial charge on any atom is 0.194 e. The number of fused-ring (bicyclic) bond motifs is 1. The van der Waals surface area contributed by atoms with Crippen molar-refractivity contribution in [3.8, 4) is 0 Å². The summed E-state index contributed by atoms with van der Waals surface area (Å²) in [5.74, 6) is 1.25.